The summed E-state index contributed by atoms with van der Waals surface area (Å²) >= 11 is 3.92. The van der Waals surface area contributed by atoms with Gasteiger partial charge in [0, 0.05) is 5.75 Å². The maximum absolute atomic E-state index is 11.2. The molecule has 82 valence electrons. The Kier molecular flexibility index (Phi) is 4.65. The minimum atomic E-state index is -0.640. The molecule has 4 heteroatoms. The van der Waals surface area contributed by atoms with E-state index in [0.29, 0.717) is 5.75 Å². The third kappa shape index (κ3) is 3.93. The van der Waals surface area contributed by atoms with Crippen LogP contribution in [0.5, 0.6) is 0 Å². The number of carbonyl (C=O) groups excluding carboxylic acids is 1. The van der Waals surface area contributed by atoms with E-state index in [1.807, 2.05) is 31.2 Å². The predicted octanol–water partition coefficient (Wildman–Crippen LogP) is 1.30. The number of hydrogen-bond donors (Lipinski definition) is 2. The molecular formula is C11H15NO2S. The zero-order valence-corrected chi connectivity index (χ0v) is 9.54. The van der Waals surface area contributed by atoms with Gasteiger partial charge >= 0.3 is 5.97 Å². The molecule has 1 atom stereocenters. The molecule has 0 bridgehead atoms. The van der Waals surface area contributed by atoms with Gasteiger partial charge in [0.15, 0.2) is 0 Å². The highest BCUT2D eigenvalue weighted by atomic mass is 32.1. The van der Waals surface area contributed by atoms with Crippen molar-refractivity contribution in [2.75, 3.05) is 5.75 Å². The van der Waals surface area contributed by atoms with Gasteiger partial charge in [0.25, 0.3) is 0 Å². The van der Waals surface area contributed by atoms with Crippen LogP contribution in [0.2, 0.25) is 0 Å². The van der Waals surface area contributed by atoms with Crippen molar-refractivity contribution in [2.45, 2.75) is 19.6 Å². The van der Waals surface area contributed by atoms with Gasteiger partial charge in [-0.2, -0.15) is 12.6 Å². The predicted molar refractivity (Wildman–Crippen MR) is 62.8 cm³/mol. The first-order chi connectivity index (χ1) is 7.13. The molecule has 0 saturated heterocycles. The second-order valence-electron chi connectivity index (χ2n) is 3.38. The van der Waals surface area contributed by atoms with Gasteiger partial charge in [-0.05, 0) is 12.5 Å². The van der Waals surface area contributed by atoms with E-state index in [0.717, 1.165) is 5.56 Å². The number of nitrogens with two attached hydrogens (primary N) is 1. The van der Waals surface area contributed by atoms with Gasteiger partial charge in [-0.25, -0.2) is 0 Å². The first kappa shape index (κ1) is 12.1. The van der Waals surface area contributed by atoms with Crippen LogP contribution in [-0.2, 0) is 16.1 Å². The molecule has 0 aliphatic carbocycles. The van der Waals surface area contributed by atoms with Crippen molar-refractivity contribution in [3.63, 3.8) is 0 Å². The summed E-state index contributed by atoms with van der Waals surface area (Å²) in [4.78, 5) is 11.2. The van der Waals surface area contributed by atoms with Crippen LogP contribution in [-0.4, -0.2) is 17.8 Å². The number of rotatable bonds is 4. The summed E-state index contributed by atoms with van der Waals surface area (Å²) in [7, 11) is 0. The molecule has 1 aromatic rings. The molecule has 0 aliphatic rings. The molecule has 0 aromatic heterocycles. The topological polar surface area (TPSA) is 52.3 Å². The van der Waals surface area contributed by atoms with Crippen molar-refractivity contribution < 1.29 is 9.53 Å². The molecule has 2 N–H and O–H groups in total. The minimum absolute atomic E-state index is 0.264. The van der Waals surface area contributed by atoms with Gasteiger partial charge in [-0.15, -0.1) is 0 Å². The first-order valence-electron chi connectivity index (χ1n) is 4.72. The van der Waals surface area contributed by atoms with Crippen LogP contribution in [0.25, 0.3) is 0 Å². The van der Waals surface area contributed by atoms with Crippen LogP contribution in [0.4, 0.5) is 0 Å². The lowest BCUT2D eigenvalue weighted by molar-refractivity contribution is -0.145. The lowest BCUT2D eigenvalue weighted by Crippen LogP contribution is -2.33. The first-order valence-corrected chi connectivity index (χ1v) is 5.35. The monoisotopic (exact) mass is 225 g/mol. The summed E-state index contributed by atoms with van der Waals surface area (Å²) in [6.07, 6.45) is 0. The number of aryl methyl sites for hydroxylation is 1. The summed E-state index contributed by atoms with van der Waals surface area (Å²) in [5.41, 5.74) is 7.59. The maximum Gasteiger partial charge on any atom is 0.324 e. The Morgan fingerprint density at radius 3 is 2.60 bits per heavy atom. The minimum Gasteiger partial charge on any atom is -0.460 e. The number of esters is 1. The highest BCUT2D eigenvalue weighted by Crippen LogP contribution is 2.05. The van der Waals surface area contributed by atoms with Crippen molar-refractivity contribution in [2.24, 2.45) is 5.73 Å². The van der Waals surface area contributed by atoms with E-state index in [1.165, 1.54) is 5.56 Å². The van der Waals surface area contributed by atoms with E-state index in [4.69, 9.17) is 10.5 Å². The fourth-order valence-electron chi connectivity index (χ4n) is 1.02. The second kappa shape index (κ2) is 5.78. The molecule has 1 aromatic carbocycles. The van der Waals surface area contributed by atoms with Crippen LogP contribution in [0.3, 0.4) is 0 Å². The maximum atomic E-state index is 11.2. The molecule has 0 amide bonds. The smallest absolute Gasteiger partial charge is 0.324 e. The molecule has 0 aliphatic heterocycles. The van der Waals surface area contributed by atoms with E-state index >= 15 is 0 Å². The van der Waals surface area contributed by atoms with Gasteiger partial charge in [-0.3, -0.25) is 4.79 Å². The van der Waals surface area contributed by atoms with Crippen LogP contribution in [0.15, 0.2) is 24.3 Å². The normalized spacial score (nSPS) is 12.2. The summed E-state index contributed by atoms with van der Waals surface area (Å²) in [5.74, 6) is -0.113. The molecule has 1 rings (SSSR count). The average Bonchev–Trinajstić information content (AvgIpc) is 2.26. The fourth-order valence-corrected chi connectivity index (χ4v) is 1.17. The zero-order chi connectivity index (χ0) is 11.3. The third-order valence-electron chi connectivity index (χ3n) is 2.00. The molecule has 0 heterocycles. The van der Waals surface area contributed by atoms with Crippen molar-refractivity contribution in [3.05, 3.63) is 35.4 Å². The molecule has 0 radical (unpaired) electrons. The molecule has 15 heavy (non-hydrogen) atoms. The summed E-state index contributed by atoms with van der Waals surface area (Å²) in [6.45, 7) is 2.27. The molecule has 0 saturated carbocycles. The van der Waals surface area contributed by atoms with E-state index < -0.39 is 12.0 Å². The Balaban J connectivity index is 2.43. The molecule has 0 unspecified atom stereocenters. The summed E-state index contributed by atoms with van der Waals surface area (Å²) < 4.78 is 5.01. The Bertz CT molecular complexity index is 324. The van der Waals surface area contributed by atoms with Crippen molar-refractivity contribution >= 4 is 18.6 Å². The molecule has 3 nitrogen and oxygen atoms in total. The van der Waals surface area contributed by atoms with Crippen LogP contribution < -0.4 is 5.73 Å². The Morgan fingerprint density at radius 1 is 1.47 bits per heavy atom. The number of hydrogen-bond acceptors (Lipinski definition) is 4. The highest BCUT2D eigenvalue weighted by Gasteiger charge is 2.12. The van der Waals surface area contributed by atoms with Crippen molar-refractivity contribution in [1.82, 2.24) is 0 Å². The number of benzene rings is 1. The standard InChI is InChI=1S/C11H15NO2S/c1-8-2-4-9(5-3-8)6-14-11(13)10(12)7-15/h2-5,10,15H,6-7,12H2,1H3/t10-/m0/s1. The van der Waals surface area contributed by atoms with Crippen LogP contribution in [0, 0.1) is 6.92 Å². The van der Waals surface area contributed by atoms with Gasteiger partial charge in [0.1, 0.15) is 12.6 Å². The molecule has 0 spiro atoms. The van der Waals surface area contributed by atoms with E-state index in [1.54, 1.807) is 0 Å². The molecular weight excluding hydrogens is 210 g/mol. The Hall–Kier alpha value is -1.00. The Morgan fingerprint density at radius 2 is 2.07 bits per heavy atom. The number of carbonyl (C=O) groups is 1. The van der Waals surface area contributed by atoms with Gasteiger partial charge in [-0.1, -0.05) is 29.8 Å². The Labute approximate surface area is 95.0 Å². The van der Waals surface area contributed by atoms with E-state index in [9.17, 15) is 4.79 Å². The summed E-state index contributed by atoms with van der Waals surface area (Å²) in [5, 5.41) is 0. The largest absolute Gasteiger partial charge is 0.460 e. The zero-order valence-electron chi connectivity index (χ0n) is 8.64. The van der Waals surface area contributed by atoms with Crippen LogP contribution in [0.1, 0.15) is 11.1 Å². The van der Waals surface area contributed by atoms with Gasteiger partial charge in [0.05, 0.1) is 0 Å². The lowest BCUT2D eigenvalue weighted by Gasteiger charge is -2.08. The second-order valence-corrected chi connectivity index (χ2v) is 3.75. The SMILES string of the molecule is Cc1ccc(COC(=O)[C@@H](N)CS)cc1. The number of thiol groups is 1. The van der Waals surface area contributed by atoms with Crippen molar-refractivity contribution in [3.8, 4) is 0 Å². The van der Waals surface area contributed by atoms with Gasteiger partial charge < -0.3 is 10.5 Å². The lowest BCUT2D eigenvalue weighted by atomic mass is 10.2. The van der Waals surface area contributed by atoms with E-state index in [-0.39, 0.29) is 6.61 Å². The third-order valence-corrected chi connectivity index (χ3v) is 2.39. The number of ether oxygens (including phenoxy) is 1. The fraction of sp³-hybridized carbons (Fsp3) is 0.364. The van der Waals surface area contributed by atoms with E-state index in [2.05, 4.69) is 12.6 Å². The van der Waals surface area contributed by atoms with Gasteiger partial charge in [0.2, 0.25) is 0 Å². The molecule has 0 fully saturated rings. The average molecular weight is 225 g/mol. The van der Waals surface area contributed by atoms with Crippen molar-refractivity contribution in [1.29, 1.82) is 0 Å². The summed E-state index contributed by atoms with van der Waals surface area (Å²) in [6, 6.07) is 7.16. The van der Waals surface area contributed by atoms with Crippen LogP contribution >= 0.6 is 12.6 Å². The quantitative estimate of drug-likeness (QED) is 0.600. The highest BCUT2D eigenvalue weighted by molar-refractivity contribution is 7.80.